The molecule has 0 spiro atoms. The lowest BCUT2D eigenvalue weighted by atomic mass is 9.87. The summed E-state index contributed by atoms with van der Waals surface area (Å²) in [5.41, 5.74) is 1.88. The molecule has 0 radical (unpaired) electrons. The Morgan fingerprint density at radius 1 is 0.966 bits per heavy atom. The summed E-state index contributed by atoms with van der Waals surface area (Å²) in [6.45, 7) is 6.98. The first-order chi connectivity index (χ1) is 13.8. The minimum absolute atomic E-state index is 0.0505. The van der Waals surface area contributed by atoms with Gasteiger partial charge in [0, 0.05) is 12.2 Å². The second-order valence-electron chi connectivity index (χ2n) is 8.73. The zero-order valence-electron chi connectivity index (χ0n) is 17.0. The van der Waals surface area contributed by atoms with Crippen LogP contribution in [0.3, 0.4) is 0 Å². The first-order valence-corrected chi connectivity index (χ1v) is 9.87. The molecule has 0 bridgehead atoms. The summed E-state index contributed by atoms with van der Waals surface area (Å²) in [6, 6.07) is 13.3. The Hall–Kier alpha value is -3.02. The third kappa shape index (κ3) is 3.92. The van der Waals surface area contributed by atoms with E-state index >= 15 is 0 Å². The number of amides is 2. The summed E-state index contributed by atoms with van der Waals surface area (Å²) in [4.78, 5) is 25.5. The molecular weight excluding hydrogens is 368 g/mol. The molecule has 0 atom stereocenters. The van der Waals surface area contributed by atoms with Gasteiger partial charge in [0.05, 0.1) is 0 Å². The summed E-state index contributed by atoms with van der Waals surface area (Å²) in [5, 5.41) is 5.79. The second-order valence-corrected chi connectivity index (χ2v) is 8.73. The molecule has 1 aliphatic carbocycles. The molecule has 2 aliphatic rings. The quantitative estimate of drug-likeness (QED) is 0.758. The van der Waals surface area contributed by atoms with Gasteiger partial charge in [-0.25, -0.2) is 0 Å². The topological polar surface area (TPSA) is 76.7 Å². The minimum Gasteiger partial charge on any atom is -0.454 e. The van der Waals surface area contributed by atoms with E-state index in [1.165, 1.54) is 5.56 Å². The summed E-state index contributed by atoms with van der Waals surface area (Å²) >= 11 is 0. The lowest BCUT2D eigenvalue weighted by Gasteiger charge is -2.20. The number of hydrogen-bond donors (Lipinski definition) is 2. The van der Waals surface area contributed by atoms with E-state index in [9.17, 15) is 9.59 Å². The van der Waals surface area contributed by atoms with Gasteiger partial charge in [0.25, 0.3) is 0 Å². The van der Waals surface area contributed by atoms with Crippen LogP contribution >= 0.6 is 0 Å². The molecule has 1 saturated carbocycles. The maximum absolute atomic E-state index is 12.8. The van der Waals surface area contributed by atoms with Crippen LogP contribution in [0.1, 0.15) is 44.7 Å². The predicted molar refractivity (Wildman–Crippen MR) is 110 cm³/mol. The molecular formula is C23H26N2O4. The molecule has 2 aromatic rings. The number of anilines is 1. The molecule has 4 rings (SSSR count). The monoisotopic (exact) mass is 394 g/mol. The number of hydrogen-bond acceptors (Lipinski definition) is 4. The van der Waals surface area contributed by atoms with Crippen molar-refractivity contribution < 1.29 is 19.1 Å². The average Bonchev–Trinajstić information content (AvgIpc) is 3.37. The van der Waals surface area contributed by atoms with Crippen LogP contribution in [0.25, 0.3) is 0 Å². The minimum atomic E-state index is -0.973. The summed E-state index contributed by atoms with van der Waals surface area (Å²) in [6.07, 6.45) is 1.12. The molecule has 152 valence electrons. The highest BCUT2D eigenvalue weighted by Gasteiger charge is 2.56. The van der Waals surface area contributed by atoms with Crippen LogP contribution in [-0.2, 0) is 21.5 Å². The Kier molecular flexibility index (Phi) is 4.73. The normalized spacial score (nSPS) is 16.2. The average molecular weight is 394 g/mol. The van der Waals surface area contributed by atoms with E-state index in [-0.39, 0.29) is 24.0 Å². The van der Waals surface area contributed by atoms with E-state index in [1.807, 2.05) is 42.5 Å². The van der Waals surface area contributed by atoms with Crippen LogP contribution < -0.4 is 20.1 Å². The summed E-state index contributed by atoms with van der Waals surface area (Å²) in [7, 11) is 0. The third-order valence-electron chi connectivity index (χ3n) is 5.52. The van der Waals surface area contributed by atoms with Gasteiger partial charge in [-0.15, -0.1) is 0 Å². The Morgan fingerprint density at radius 3 is 2.31 bits per heavy atom. The Labute approximate surface area is 170 Å². The van der Waals surface area contributed by atoms with Crippen molar-refractivity contribution in [3.63, 3.8) is 0 Å². The van der Waals surface area contributed by atoms with Gasteiger partial charge in [-0.05, 0) is 53.6 Å². The molecule has 2 amide bonds. The van der Waals surface area contributed by atoms with E-state index in [1.54, 1.807) is 0 Å². The van der Waals surface area contributed by atoms with Crippen molar-refractivity contribution in [2.24, 2.45) is 5.41 Å². The fourth-order valence-electron chi connectivity index (χ4n) is 3.39. The number of carbonyl (C=O) groups excluding carboxylic acids is 2. The van der Waals surface area contributed by atoms with Crippen molar-refractivity contribution in [2.45, 2.75) is 45.6 Å². The number of ether oxygens (including phenoxy) is 2. The van der Waals surface area contributed by atoms with E-state index in [0.717, 1.165) is 5.56 Å². The lowest BCUT2D eigenvalue weighted by Crippen LogP contribution is -2.39. The van der Waals surface area contributed by atoms with Crippen LogP contribution in [0.4, 0.5) is 5.69 Å². The van der Waals surface area contributed by atoms with Crippen molar-refractivity contribution >= 4 is 17.5 Å². The number of carbonyl (C=O) groups is 2. The Balaban J connectivity index is 1.36. The number of rotatable bonds is 5. The van der Waals surface area contributed by atoms with Crippen molar-refractivity contribution in [3.05, 3.63) is 53.6 Å². The largest absolute Gasteiger partial charge is 0.454 e. The zero-order valence-corrected chi connectivity index (χ0v) is 17.0. The van der Waals surface area contributed by atoms with Crippen molar-refractivity contribution in [3.8, 4) is 11.5 Å². The molecule has 2 aromatic carbocycles. The van der Waals surface area contributed by atoms with Crippen molar-refractivity contribution in [1.29, 1.82) is 0 Å². The van der Waals surface area contributed by atoms with E-state index in [4.69, 9.17) is 9.47 Å². The van der Waals surface area contributed by atoms with Gasteiger partial charge in [0.15, 0.2) is 11.5 Å². The molecule has 29 heavy (non-hydrogen) atoms. The van der Waals surface area contributed by atoms with Crippen LogP contribution in [0.5, 0.6) is 11.5 Å². The summed E-state index contributed by atoms with van der Waals surface area (Å²) in [5.74, 6) is 0.896. The molecule has 1 fully saturated rings. The van der Waals surface area contributed by atoms with Gasteiger partial charge >= 0.3 is 0 Å². The van der Waals surface area contributed by atoms with Crippen LogP contribution in [-0.4, -0.2) is 18.6 Å². The maximum atomic E-state index is 12.8. The predicted octanol–water partition coefficient (Wildman–Crippen LogP) is 3.75. The molecule has 0 aromatic heterocycles. The van der Waals surface area contributed by atoms with Crippen molar-refractivity contribution in [1.82, 2.24) is 5.32 Å². The second kappa shape index (κ2) is 7.10. The SMILES string of the molecule is CC(C)(C)c1ccc(NC(=O)C2(C(=O)NCc3ccc4c(c3)OCO4)CC2)cc1. The van der Waals surface area contributed by atoms with Gasteiger partial charge in [0.1, 0.15) is 5.41 Å². The molecule has 2 N–H and O–H groups in total. The lowest BCUT2D eigenvalue weighted by molar-refractivity contribution is -0.134. The molecule has 0 saturated heterocycles. The fourth-order valence-corrected chi connectivity index (χ4v) is 3.39. The van der Waals surface area contributed by atoms with Crippen LogP contribution in [0, 0.1) is 5.41 Å². The standard InChI is InChI=1S/C23H26N2O4/c1-22(2,3)16-5-7-17(8-6-16)25-21(27)23(10-11-23)20(26)24-13-15-4-9-18-19(12-15)29-14-28-18/h4-9,12H,10-11,13-14H2,1-3H3,(H,24,26)(H,25,27). The van der Waals surface area contributed by atoms with E-state index in [0.29, 0.717) is 36.6 Å². The van der Waals surface area contributed by atoms with Gasteiger partial charge in [-0.2, -0.15) is 0 Å². The van der Waals surface area contributed by atoms with E-state index < -0.39 is 5.41 Å². The fraction of sp³-hybridized carbons (Fsp3) is 0.391. The molecule has 0 unspecified atom stereocenters. The van der Waals surface area contributed by atoms with Gasteiger partial charge in [-0.1, -0.05) is 39.0 Å². The summed E-state index contributed by atoms with van der Waals surface area (Å²) < 4.78 is 10.7. The molecule has 6 nitrogen and oxygen atoms in total. The van der Waals surface area contributed by atoms with Gasteiger partial charge in [0.2, 0.25) is 18.6 Å². The first-order valence-electron chi connectivity index (χ1n) is 9.87. The number of fused-ring (bicyclic) bond motifs is 1. The number of nitrogens with one attached hydrogen (secondary N) is 2. The van der Waals surface area contributed by atoms with E-state index in [2.05, 4.69) is 31.4 Å². The highest BCUT2D eigenvalue weighted by Crippen LogP contribution is 2.47. The number of benzene rings is 2. The maximum Gasteiger partial charge on any atom is 0.240 e. The van der Waals surface area contributed by atoms with Gasteiger partial charge in [-0.3, -0.25) is 9.59 Å². The molecule has 6 heteroatoms. The third-order valence-corrected chi connectivity index (χ3v) is 5.52. The van der Waals surface area contributed by atoms with Crippen molar-refractivity contribution in [2.75, 3.05) is 12.1 Å². The highest BCUT2D eigenvalue weighted by molar-refractivity contribution is 6.13. The first kappa shape index (κ1) is 19.3. The van der Waals surface area contributed by atoms with Crippen LogP contribution in [0.2, 0.25) is 0 Å². The van der Waals surface area contributed by atoms with Crippen LogP contribution in [0.15, 0.2) is 42.5 Å². The smallest absolute Gasteiger partial charge is 0.240 e. The molecule has 1 heterocycles. The van der Waals surface area contributed by atoms with Gasteiger partial charge < -0.3 is 20.1 Å². The Bertz CT molecular complexity index is 940. The zero-order chi connectivity index (χ0) is 20.6. The Morgan fingerprint density at radius 2 is 1.66 bits per heavy atom. The molecule has 1 aliphatic heterocycles. The highest BCUT2D eigenvalue weighted by atomic mass is 16.7.